The quantitative estimate of drug-likeness (QED) is 0.775. The van der Waals surface area contributed by atoms with Crippen LogP contribution in [0.4, 0.5) is 5.82 Å². The molecular weight excluding hydrogens is 210 g/mol. The largest absolute Gasteiger partial charge is 0.352 e. The Balaban J connectivity index is 2.20. The molecule has 0 aromatic carbocycles. The number of hydrogen-bond acceptors (Lipinski definition) is 3. The molecule has 1 atom stereocenters. The van der Waals surface area contributed by atoms with Gasteiger partial charge in [-0.15, -0.1) is 0 Å². The summed E-state index contributed by atoms with van der Waals surface area (Å²) in [6.07, 6.45) is 8.36. The fourth-order valence-corrected chi connectivity index (χ4v) is 2.34. The lowest BCUT2D eigenvalue weighted by Crippen LogP contribution is -2.39. The second-order valence-electron chi connectivity index (χ2n) is 3.95. The van der Waals surface area contributed by atoms with Gasteiger partial charge >= 0.3 is 0 Å². The Bertz CT molecular complexity index is 329. The molecule has 15 heavy (non-hydrogen) atoms. The number of anilines is 1. The number of rotatable bonds is 2. The summed E-state index contributed by atoms with van der Waals surface area (Å²) < 4.78 is 0. The Morgan fingerprint density at radius 2 is 2.33 bits per heavy atom. The van der Waals surface area contributed by atoms with Gasteiger partial charge in [0.15, 0.2) is 0 Å². The summed E-state index contributed by atoms with van der Waals surface area (Å²) in [7, 11) is 0. The van der Waals surface area contributed by atoms with E-state index in [0.29, 0.717) is 11.2 Å². The molecule has 0 aliphatic carbocycles. The third kappa shape index (κ3) is 2.40. The van der Waals surface area contributed by atoms with E-state index in [1.165, 1.54) is 19.3 Å². The SMILES string of the molecule is CCC1CCCCN1c1cncc(Cl)n1. The Morgan fingerprint density at radius 1 is 1.47 bits per heavy atom. The van der Waals surface area contributed by atoms with Crippen molar-refractivity contribution >= 4 is 17.4 Å². The molecule has 2 rings (SSSR count). The Hall–Kier alpha value is -0.830. The molecule has 2 heterocycles. The molecular formula is C11H16ClN3. The lowest BCUT2D eigenvalue weighted by atomic mass is 10.0. The van der Waals surface area contributed by atoms with Crippen LogP contribution in [-0.2, 0) is 0 Å². The highest BCUT2D eigenvalue weighted by Crippen LogP contribution is 2.24. The van der Waals surface area contributed by atoms with Gasteiger partial charge in [0.05, 0.1) is 12.4 Å². The summed E-state index contributed by atoms with van der Waals surface area (Å²) >= 11 is 5.85. The average molecular weight is 226 g/mol. The third-order valence-electron chi connectivity index (χ3n) is 2.99. The van der Waals surface area contributed by atoms with Gasteiger partial charge in [0.1, 0.15) is 11.0 Å². The first-order valence-corrected chi connectivity index (χ1v) is 5.93. The van der Waals surface area contributed by atoms with E-state index in [0.717, 1.165) is 18.8 Å². The van der Waals surface area contributed by atoms with Crippen molar-refractivity contribution < 1.29 is 0 Å². The number of aromatic nitrogens is 2. The normalized spacial score (nSPS) is 21.7. The first-order chi connectivity index (χ1) is 7.31. The number of hydrogen-bond donors (Lipinski definition) is 0. The summed E-state index contributed by atoms with van der Waals surface area (Å²) in [5.74, 6) is 0.925. The molecule has 0 N–H and O–H groups in total. The minimum absolute atomic E-state index is 0.480. The van der Waals surface area contributed by atoms with Crippen molar-refractivity contribution in [2.45, 2.75) is 38.6 Å². The van der Waals surface area contributed by atoms with E-state index in [2.05, 4.69) is 21.8 Å². The van der Waals surface area contributed by atoms with E-state index in [1.54, 1.807) is 12.4 Å². The van der Waals surface area contributed by atoms with E-state index in [-0.39, 0.29) is 0 Å². The number of piperidine rings is 1. The Kier molecular flexibility index (Phi) is 3.41. The van der Waals surface area contributed by atoms with Crippen molar-refractivity contribution in [1.82, 2.24) is 9.97 Å². The molecule has 1 saturated heterocycles. The monoisotopic (exact) mass is 225 g/mol. The summed E-state index contributed by atoms with van der Waals surface area (Å²) in [5, 5.41) is 0.480. The molecule has 1 aromatic rings. The van der Waals surface area contributed by atoms with E-state index in [1.807, 2.05) is 0 Å². The number of nitrogens with zero attached hydrogens (tertiary/aromatic N) is 3. The highest BCUT2D eigenvalue weighted by molar-refractivity contribution is 6.29. The van der Waals surface area contributed by atoms with Crippen molar-refractivity contribution in [2.75, 3.05) is 11.4 Å². The molecule has 0 bridgehead atoms. The van der Waals surface area contributed by atoms with Crippen LogP contribution in [0.5, 0.6) is 0 Å². The zero-order valence-corrected chi connectivity index (χ0v) is 9.74. The second kappa shape index (κ2) is 4.79. The molecule has 1 unspecified atom stereocenters. The van der Waals surface area contributed by atoms with E-state index in [4.69, 9.17) is 11.6 Å². The van der Waals surface area contributed by atoms with Crippen LogP contribution >= 0.6 is 11.6 Å². The van der Waals surface area contributed by atoms with Crippen molar-refractivity contribution in [2.24, 2.45) is 0 Å². The van der Waals surface area contributed by atoms with Crippen molar-refractivity contribution in [1.29, 1.82) is 0 Å². The fraction of sp³-hybridized carbons (Fsp3) is 0.636. The van der Waals surface area contributed by atoms with Crippen molar-refractivity contribution in [3.05, 3.63) is 17.5 Å². The van der Waals surface area contributed by atoms with Crippen molar-refractivity contribution in [3.8, 4) is 0 Å². The van der Waals surface area contributed by atoms with E-state index in [9.17, 15) is 0 Å². The molecule has 1 aliphatic rings. The maximum atomic E-state index is 5.85. The van der Waals surface area contributed by atoms with Gasteiger partial charge in [-0.25, -0.2) is 4.98 Å². The molecule has 0 saturated carbocycles. The van der Waals surface area contributed by atoms with Crippen LogP contribution in [0.1, 0.15) is 32.6 Å². The third-order valence-corrected chi connectivity index (χ3v) is 3.17. The van der Waals surface area contributed by atoms with Crippen LogP contribution in [0.15, 0.2) is 12.4 Å². The average Bonchev–Trinajstić information content (AvgIpc) is 2.29. The minimum Gasteiger partial charge on any atom is -0.352 e. The standard InChI is InChI=1S/C11H16ClN3/c1-2-9-5-3-4-6-15(9)11-8-13-7-10(12)14-11/h7-9H,2-6H2,1H3. The molecule has 1 fully saturated rings. The summed E-state index contributed by atoms with van der Waals surface area (Å²) in [6, 6.07) is 0.603. The topological polar surface area (TPSA) is 29.0 Å². The first kappa shape index (κ1) is 10.7. The van der Waals surface area contributed by atoms with Gasteiger partial charge in [-0.1, -0.05) is 18.5 Å². The van der Waals surface area contributed by atoms with Crippen LogP contribution in [0.3, 0.4) is 0 Å². The predicted octanol–water partition coefficient (Wildman–Crippen LogP) is 2.90. The maximum Gasteiger partial charge on any atom is 0.149 e. The highest BCUT2D eigenvalue weighted by atomic mass is 35.5. The van der Waals surface area contributed by atoms with E-state index >= 15 is 0 Å². The van der Waals surface area contributed by atoms with Crippen LogP contribution in [0.25, 0.3) is 0 Å². The van der Waals surface area contributed by atoms with Gasteiger partial charge in [0.2, 0.25) is 0 Å². The van der Waals surface area contributed by atoms with Gasteiger partial charge in [-0.05, 0) is 25.7 Å². The van der Waals surface area contributed by atoms with Gasteiger partial charge in [-0.3, -0.25) is 4.98 Å². The Morgan fingerprint density at radius 3 is 3.07 bits per heavy atom. The summed E-state index contributed by atoms with van der Waals surface area (Å²) in [6.45, 7) is 3.30. The fourth-order valence-electron chi connectivity index (χ4n) is 2.20. The van der Waals surface area contributed by atoms with Gasteiger partial charge in [0.25, 0.3) is 0 Å². The van der Waals surface area contributed by atoms with Crippen LogP contribution < -0.4 is 4.90 Å². The molecule has 3 nitrogen and oxygen atoms in total. The van der Waals surface area contributed by atoms with Crippen LogP contribution in [0, 0.1) is 0 Å². The minimum atomic E-state index is 0.480. The highest BCUT2D eigenvalue weighted by Gasteiger charge is 2.22. The smallest absolute Gasteiger partial charge is 0.149 e. The van der Waals surface area contributed by atoms with Gasteiger partial charge in [0, 0.05) is 12.6 Å². The van der Waals surface area contributed by atoms with Crippen LogP contribution in [-0.4, -0.2) is 22.6 Å². The van der Waals surface area contributed by atoms with Gasteiger partial charge < -0.3 is 4.90 Å². The molecule has 0 spiro atoms. The zero-order chi connectivity index (χ0) is 10.7. The summed E-state index contributed by atoms with van der Waals surface area (Å²) in [5.41, 5.74) is 0. The second-order valence-corrected chi connectivity index (χ2v) is 4.34. The maximum absolute atomic E-state index is 5.85. The van der Waals surface area contributed by atoms with Crippen molar-refractivity contribution in [3.63, 3.8) is 0 Å². The molecule has 0 amide bonds. The Labute approximate surface area is 95.5 Å². The number of halogens is 1. The lowest BCUT2D eigenvalue weighted by molar-refractivity contribution is 0.446. The molecule has 4 heteroatoms. The molecule has 1 aliphatic heterocycles. The lowest BCUT2D eigenvalue weighted by Gasteiger charge is -2.35. The molecule has 82 valence electrons. The molecule has 0 radical (unpaired) electrons. The first-order valence-electron chi connectivity index (χ1n) is 5.55. The summed E-state index contributed by atoms with van der Waals surface area (Å²) in [4.78, 5) is 10.8. The van der Waals surface area contributed by atoms with E-state index < -0.39 is 0 Å². The van der Waals surface area contributed by atoms with Crippen LogP contribution in [0.2, 0.25) is 5.15 Å². The van der Waals surface area contributed by atoms with Gasteiger partial charge in [-0.2, -0.15) is 0 Å². The molecule has 1 aromatic heterocycles. The predicted molar refractivity (Wildman–Crippen MR) is 62.3 cm³/mol. The zero-order valence-electron chi connectivity index (χ0n) is 8.99.